The lowest BCUT2D eigenvalue weighted by Gasteiger charge is -2.09. The molecule has 4 heteroatoms. The molecule has 0 atom stereocenters. The van der Waals surface area contributed by atoms with E-state index in [-0.39, 0.29) is 5.82 Å². The standard InChI is InChI=1S/C12H12FN3/c13-9-3-1-2-8(6-9)12-15-10-4-5-14-7-11(10)16-12/h1-3,6,14H,4-5,7H2,(H,15,16). The number of nitrogens with zero attached hydrogens (tertiary/aromatic N) is 1. The Balaban J connectivity index is 2.03. The van der Waals surface area contributed by atoms with Gasteiger partial charge in [-0.15, -0.1) is 0 Å². The molecule has 0 radical (unpaired) electrons. The molecule has 16 heavy (non-hydrogen) atoms. The summed E-state index contributed by atoms with van der Waals surface area (Å²) in [5, 5.41) is 3.27. The second kappa shape index (κ2) is 3.72. The molecule has 0 bridgehead atoms. The largest absolute Gasteiger partial charge is 0.341 e. The number of hydrogen-bond acceptors (Lipinski definition) is 2. The Bertz CT molecular complexity index is 495. The van der Waals surface area contributed by atoms with Crippen LogP contribution in [-0.4, -0.2) is 16.5 Å². The Hall–Kier alpha value is -1.68. The van der Waals surface area contributed by atoms with Crippen molar-refractivity contribution < 1.29 is 4.39 Å². The normalized spacial score (nSPS) is 14.8. The third-order valence-electron chi connectivity index (χ3n) is 2.80. The van der Waals surface area contributed by atoms with Gasteiger partial charge in [0.15, 0.2) is 0 Å². The lowest BCUT2D eigenvalue weighted by molar-refractivity contribution is 0.627. The molecule has 1 aliphatic heterocycles. The minimum absolute atomic E-state index is 0.231. The lowest BCUT2D eigenvalue weighted by Crippen LogP contribution is -2.23. The second-order valence-electron chi connectivity index (χ2n) is 3.95. The highest BCUT2D eigenvalue weighted by atomic mass is 19.1. The SMILES string of the molecule is Fc1cccc(-c2nc3c([nH]2)CNCC3)c1. The monoisotopic (exact) mass is 217 g/mol. The molecule has 2 N–H and O–H groups in total. The minimum atomic E-state index is -0.231. The van der Waals surface area contributed by atoms with Gasteiger partial charge in [0.05, 0.1) is 11.4 Å². The van der Waals surface area contributed by atoms with Crippen molar-refractivity contribution in [3.63, 3.8) is 0 Å². The number of halogens is 1. The van der Waals surface area contributed by atoms with Gasteiger partial charge in [0.25, 0.3) is 0 Å². The molecule has 1 aromatic carbocycles. The molecule has 2 aromatic rings. The van der Waals surface area contributed by atoms with Crippen molar-refractivity contribution in [1.29, 1.82) is 0 Å². The summed E-state index contributed by atoms with van der Waals surface area (Å²) in [5.74, 6) is 0.526. The van der Waals surface area contributed by atoms with Crippen LogP contribution in [0.3, 0.4) is 0 Å². The predicted molar refractivity (Wildman–Crippen MR) is 59.4 cm³/mol. The van der Waals surface area contributed by atoms with Gasteiger partial charge >= 0.3 is 0 Å². The Labute approximate surface area is 92.7 Å². The molecule has 0 saturated carbocycles. The van der Waals surface area contributed by atoms with Gasteiger partial charge in [0.1, 0.15) is 11.6 Å². The second-order valence-corrected chi connectivity index (χ2v) is 3.95. The lowest BCUT2D eigenvalue weighted by atomic mass is 10.2. The van der Waals surface area contributed by atoms with Gasteiger partial charge in [-0.1, -0.05) is 12.1 Å². The first-order valence-electron chi connectivity index (χ1n) is 5.37. The summed E-state index contributed by atoms with van der Waals surface area (Å²) >= 11 is 0. The van der Waals surface area contributed by atoms with E-state index >= 15 is 0 Å². The summed E-state index contributed by atoms with van der Waals surface area (Å²) in [6.45, 7) is 1.78. The highest BCUT2D eigenvalue weighted by Gasteiger charge is 2.14. The number of H-pyrrole nitrogens is 1. The van der Waals surface area contributed by atoms with E-state index in [9.17, 15) is 4.39 Å². The molecule has 2 heterocycles. The maximum absolute atomic E-state index is 13.1. The van der Waals surface area contributed by atoms with Crippen LogP contribution in [0.4, 0.5) is 4.39 Å². The third-order valence-corrected chi connectivity index (χ3v) is 2.80. The van der Waals surface area contributed by atoms with E-state index in [1.165, 1.54) is 12.1 Å². The van der Waals surface area contributed by atoms with Gasteiger partial charge in [0.2, 0.25) is 0 Å². The first-order valence-corrected chi connectivity index (χ1v) is 5.37. The molecule has 3 rings (SSSR count). The molecular weight excluding hydrogens is 205 g/mol. The van der Waals surface area contributed by atoms with E-state index in [0.717, 1.165) is 42.3 Å². The number of hydrogen-bond donors (Lipinski definition) is 2. The highest BCUT2D eigenvalue weighted by molar-refractivity contribution is 5.56. The van der Waals surface area contributed by atoms with Gasteiger partial charge in [-0.2, -0.15) is 0 Å². The Morgan fingerprint density at radius 1 is 1.31 bits per heavy atom. The van der Waals surface area contributed by atoms with Crippen LogP contribution in [0.1, 0.15) is 11.4 Å². The van der Waals surface area contributed by atoms with Crippen LogP contribution >= 0.6 is 0 Å². The summed E-state index contributed by atoms with van der Waals surface area (Å²) < 4.78 is 13.1. The number of benzene rings is 1. The quantitative estimate of drug-likeness (QED) is 0.765. The van der Waals surface area contributed by atoms with Crippen molar-refractivity contribution in [2.24, 2.45) is 0 Å². The summed E-state index contributed by atoms with van der Waals surface area (Å²) in [4.78, 5) is 7.74. The molecule has 0 aliphatic carbocycles. The maximum atomic E-state index is 13.1. The van der Waals surface area contributed by atoms with Crippen LogP contribution in [0, 0.1) is 5.82 Å². The molecule has 82 valence electrons. The average molecular weight is 217 g/mol. The van der Waals surface area contributed by atoms with Crippen LogP contribution in [0.15, 0.2) is 24.3 Å². The smallest absolute Gasteiger partial charge is 0.137 e. The van der Waals surface area contributed by atoms with Crippen molar-refractivity contribution in [3.05, 3.63) is 41.5 Å². The van der Waals surface area contributed by atoms with Crippen LogP contribution in [-0.2, 0) is 13.0 Å². The average Bonchev–Trinajstić information content (AvgIpc) is 2.72. The van der Waals surface area contributed by atoms with Gasteiger partial charge in [-0.25, -0.2) is 9.37 Å². The summed E-state index contributed by atoms with van der Waals surface area (Å²) in [5.41, 5.74) is 3.01. The van der Waals surface area contributed by atoms with Crippen molar-refractivity contribution in [3.8, 4) is 11.4 Å². The zero-order valence-electron chi connectivity index (χ0n) is 8.76. The fourth-order valence-corrected chi connectivity index (χ4v) is 1.99. The molecule has 3 nitrogen and oxygen atoms in total. The van der Waals surface area contributed by atoms with E-state index < -0.39 is 0 Å². The van der Waals surface area contributed by atoms with Crippen LogP contribution in [0.2, 0.25) is 0 Å². The fourth-order valence-electron chi connectivity index (χ4n) is 1.99. The first-order chi connectivity index (χ1) is 7.83. The molecule has 0 amide bonds. The number of aromatic nitrogens is 2. The number of fused-ring (bicyclic) bond motifs is 1. The molecule has 1 aliphatic rings. The van der Waals surface area contributed by atoms with Crippen LogP contribution in [0.25, 0.3) is 11.4 Å². The predicted octanol–water partition coefficient (Wildman–Crippen LogP) is 1.86. The van der Waals surface area contributed by atoms with Gasteiger partial charge in [0, 0.05) is 25.1 Å². The molecule has 1 aromatic heterocycles. The van der Waals surface area contributed by atoms with Crippen LogP contribution < -0.4 is 5.32 Å². The highest BCUT2D eigenvalue weighted by Crippen LogP contribution is 2.20. The van der Waals surface area contributed by atoms with Crippen LogP contribution in [0.5, 0.6) is 0 Å². The number of imidazole rings is 1. The fraction of sp³-hybridized carbons (Fsp3) is 0.250. The van der Waals surface area contributed by atoms with Gasteiger partial charge in [-0.05, 0) is 12.1 Å². The van der Waals surface area contributed by atoms with Gasteiger partial charge in [-0.3, -0.25) is 0 Å². The van der Waals surface area contributed by atoms with E-state index in [0.29, 0.717) is 0 Å². The molecule has 0 saturated heterocycles. The third kappa shape index (κ3) is 1.61. The zero-order chi connectivity index (χ0) is 11.0. The Kier molecular flexibility index (Phi) is 2.22. The topological polar surface area (TPSA) is 40.7 Å². The van der Waals surface area contributed by atoms with E-state index in [4.69, 9.17) is 0 Å². The van der Waals surface area contributed by atoms with E-state index in [2.05, 4.69) is 15.3 Å². The van der Waals surface area contributed by atoms with E-state index in [1.54, 1.807) is 6.07 Å². The molecule has 0 spiro atoms. The van der Waals surface area contributed by atoms with E-state index in [1.807, 2.05) is 6.07 Å². The first kappa shape index (κ1) is 9.54. The van der Waals surface area contributed by atoms with Crippen molar-refractivity contribution in [2.75, 3.05) is 6.54 Å². The molecule has 0 unspecified atom stereocenters. The van der Waals surface area contributed by atoms with Crippen molar-refractivity contribution in [2.45, 2.75) is 13.0 Å². The summed E-state index contributed by atoms with van der Waals surface area (Å²) in [6.07, 6.45) is 0.932. The van der Waals surface area contributed by atoms with Crippen molar-refractivity contribution >= 4 is 0 Å². The summed E-state index contributed by atoms with van der Waals surface area (Å²) in [6, 6.07) is 6.50. The Morgan fingerprint density at radius 3 is 3.06 bits per heavy atom. The zero-order valence-corrected chi connectivity index (χ0v) is 8.76. The van der Waals surface area contributed by atoms with Gasteiger partial charge < -0.3 is 10.3 Å². The van der Waals surface area contributed by atoms with Crippen molar-refractivity contribution in [1.82, 2.24) is 15.3 Å². The molecule has 0 fully saturated rings. The Morgan fingerprint density at radius 2 is 2.25 bits per heavy atom. The number of nitrogens with one attached hydrogen (secondary N) is 2. The minimum Gasteiger partial charge on any atom is -0.341 e. The maximum Gasteiger partial charge on any atom is 0.137 e. The number of rotatable bonds is 1. The number of aromatic amines is 1. The summed E-state index contributed by atoms with van der Waals surface area (Å²) in [7, 11) is 0. The molecular formula is C12H12FN3.